The number of ether oxygens (including phenoxy) is 2. The van der Waals surface area contributed by atoms with E-state index in [-0.39, 0.29) is 29.1 Å². The van der Waals surface area contributed by atoms with E-state index in [2.05, 4.69) is 33.8 Å². The zero-order valence-electron chi connectivity index (χ0n) is 19.8. The highest BCUT2D eigenvalue weighted by atomic mass is 16.7. The molecule has 31 heavy (non-hydrogen) atoms. The van der Waals surface area contributed by atoms with Crippen molar-refractivity contribution in [1.82, 2.24) is 0 Å². The second-order valence-corrected chi connectivity index (χ2v) is 12.7. The molecule has 2 saturated heterocycles. The number of rotatable bonds is 0. The molecule has 0 aromatic rings. The highest BCUT2D eigenvalue weighted by Gasteiger charge is 2.71. The van der Waals surface area contributed by atoms with Crippen LogP contribution in [0.1, 0.15) is 79.1 Å². The Morgan fingerprint density at radius 2 is 1.84 bits per heavy atom. The molecular weight excluding hydrogens is 388 g/mol. The Labute approximate surface area is 187 Å². The Morgan fingerprint density at radius 3 is 2.58 bits per heavy atom. The van der Waals surface area contributed by atoms with Crippen molar-refractivity contribution in [1.29, 1.82) is 0 Å². The number of aliphatic hydroxyl groups excluding tert-OH is 2. The van der Waals surface area contributed by atoms with E-state index in [4.69, 9.17) is 9.47 Å². The van der Waals surface area contributed by atoms with Crippen LogP contribution in [0.5, 0.6) is 0 Å². The first-order chi connectivity index (χ1) is 14.7. The fraction of sp³-hybridized carbons (Fsp3) is 0.926. The smallest absolute Gasteiger partial charge is 0.171 e. The first-order valence-electron chi connectivity index (χ1n) is 13.1. The monoisotopic (exact) mass is 430 g/mol. The summed E-state index contributed by atoms with van der Waals surface area (Å²) in [6.07, 6.45) is 10.3. The topological polar surface area (TPSA) is 58.9 Å². The van der Waals surface area contributed by atoms with Crippen molar-refractivity contribution < 1.29 is 19.7 Å². The Hall–Kier alpha value is -0.420. The standard InChI is InChI=1S/C27H42O4/c1-15-7-10-27(30-14-15)16(2)24-22(31-27)12-21-19-6-5-17-11-18(28)8-9-25(17,3)20(19)13-23(29)26(21,24)4/h5,15-16,18-24,28-29H,6-14H2,1-4H3/t15?,16-,18?,19+,20-,21-,22-,23?,24-,25-,26+,27+/m0/s1. The van der Waals surface area contributed by atoms with Crippen molar-refractivity contribution in [3.8, 4) is 0 Å². The lowest BCUT2D eigenvalue weighted by atomic mass is 9.46. The van der Waals surface area contributed by atoms with Gasteiger partial charge in [-0.1, -0.05) is 39.3 Å². The summed E-state index contributed by atoms with van der Waals surface area (Å²) in [5.74, 6) is 2.58. The number of hydrogen-bond acceptors (Lipinski definition) is 4. The third kappa shape index (κ3) is 2.68. The first-order valence-corrected chi connectivity index (χ1v) is 13.1. The van der Waals surface area contributed by atoms with Crippen molar-refractivity contribution in [3.05, 3.63) is 11.6 Å². The Bertz CT molecular complexity index is 769. The maximum atomic E-state index is 11.8. The number of hydrogen-bond donors (Lipinski definition) is 2. The van der Waals surface area contributed by atoms with Crippen molar-refractivity contribution >= 4 is 0 Å². The number of aliphatic hydroxyl groups is 2. The van der Waals surface area contributed by atoms with Crippen LogP contribution in [-0.4, -0.2) is 40.9 Å². The third-order valence-corrected chi connectivity index (χ3v) is 11.5. The molecule has 6 rings (SSSR count). The Kier molecular flexibility index (Phi) is 4.64. The molecule has 174 valence electrons. The molecule has 0 aromatic heterocycles. The van der Waals surface area contributed by atoms with Crippen molar-refractivity contribution in [2.45, 2.75) is 103 Å². The largest absolute Gasteiger partial charge is 0.393 e. The lowest BCUT2D eigenvalue weighted by Crippen LogP contribution is -2.57. The zero-order valence-corrected chi connectivity index (χ0v) is 19.8. The Morgan fingerprint density at radius 1 is 1.03 bits per heavy atom. The molecule has 2 N–H and O–H groups in total. The van der Waals surface area contributed by atoms with Crippen LogP contribution in [0.4, 0.5) is 0 Å². The van der Waals surface area contributed by atoms with E-state index in [0.29, 0.717) is 35.5 Å². The molecule has 4 nitrogen and oxygen atoms in total. The van der Waals surface area contributed by atoms with Gasteiger partial charge in [-0.3, -0.25) is 0 Å². The van der Waals surface area contributed by atoms with Crippen LogP contribution in [0.3, 0.4) is 0 Å². The summed E-state index contributed by atoms with van der Waals surface area (Å²) in [6.45, 7) is 10.2. The number of fused-ring (bicyclic) bond motifs is 7. The lowest BCUT2D eigenvalue weighted by molar-refractivity contribution is -0.273. The minimum atomic E-state index is -0.419. The van der Waals surface area contributed by atoms with Crippen LogP contribution in [0.25, 0.3) is 0 Å². The van der Waals surface area contributed by atoms with Gasteiger partial charge in [0.15, 0.2) is 5.79 Å². The average molecular weight is 431 g/mol. The minimum absolute atomic E-state index is 0.0863. The van der Waals surface area contributed by atoms with Crippen LogP contribution < -0.4 is 0 Å². The van der Waals surface area contributed by atoms with Crippen LogP contribution in [0.15, 0.2) is 11.6 Å². The van der Waals surface area contributed by atoms with Gasteiger partial charge >= 0.3 is 0 Å². The van der Waals surface area contributed by atoms with E-state index in [0.717, 1.165) is 51.6 Å². The van der Waals surface area contributed by atoms with Crippen molar-refractivity contribution in [2.24, 2.45) is 46.3 Å². The van der Waals surface area contributed by atoms with Crippen LogP contribution in [0.2, 0.25) is 0 Å². The van der Waals surface area contributed by atoms with Gasteiger partial charge in [0, 0.05) is 23.7 Å². The van der Waals surface area contributed by atoms with Gasteiger partial charge in [-0.05, 0) is 74.0 Å². The van der Waals surface area contributed by atoms with E-state index in [1.165, 1.54) is 12.0 Å². The summed E-state index contributed by atoms with van der Waals surface area (Å²) < 4.78 is 13.2. The van der Waals surface area contributed by atoms with E-state index in [1.54, 1.807) is 0 Å². The molecule has 12 atom stereocenters. The van der Waals surface area contributed by atoms with Crippen LogP contribution >= 0.6 is 0 Å². The molecule has 3 unspecified atom stereocenters. The van der Waals surface area contributed by atoms with Gasteiger partial charge in [-0.15, -0.1) is 0 Å². The maximum absolute atomic E-state index is 11.8. The van der Waals surface area contributed by atoms with Gasteiger partial charge in [0.25, 0.3) is 0 Å². The molecular formula is C27H42O4. The van der Waals surface area contributed by atoms with E-state index < -0.39 is 5.79 Å². The van der Waals surface area contributed by atoms with E-state index in [9.17, 15) is 10.2 Å². The van der Waals surface area contributed by atoms with E-state index >= 15 is 0 Å². The van der Waals surface area contributed by atoms with Gasteiger partial charge in [-0.2, -0.15) is 0 Å². The van der Waals surface area contributed by atoms with E-state index in [1.807, 2.05) is 0 Å². The highest BCUT2D eigenvalue weighted by molar-refractivity contribution is 5.27. The molecule has 2 aliphatic heterocycles. The first kappa shape index (κ1) is 21.1. The molecule has 0 amide bonds. The summed E-state index contributed by atoms with van der Waals surface area (Å²) >= 11 is 0. The van der Waals surface area contributed by atoms with Crippen LogP contribution in [0, 0.1) is 46.3 Å². The molecule has 0 aromatic carbocycles. The predicted molar refractivity (Wildman–Crippen MR) is 119 cm³/mol. The second kappa shape index (κ2) is 6.81. The SMILES string of the molecule is CC1CC[C@@]2(OC1)O[C@H]1C[C@H]3[C@@H]4CC=C5CC(O)CC[C@]5(C)[C@H]4CC(O)[C@]3(C)[C@H]1[C@@H]2C. The summed E-state index contributed by atoms with van der Waals surface area (Å²) in [4.78, 5) is 0. The normalized spacial score (nSPS) is 60.7. The second-order valence-electron chi connectivity index (χ2n) is 12.7. The Balaban J connectivity index is 1.32. The average Bonchev–Trinajstić information content (AvgIpc) is 3.18. The fourth-order valence-electron chi connectivity index (χ4n) is 9.61. The molecule has 2 heterocycles. The van der Waals surface area contributed by atoms with Crippen molar-refractivity contribution in [3.63, 3.8) is 0 Å². The molecule has 0 bridgehead atoms. The summed E-state index contributed by atoms with van der Waals surface area (Å²) in [5, 5.41) is 22.0. The van der Waals surface area contributed by atoms with Gasteiger partial charge < -0.3 is 19.7 Å². The van der Waals surface area contributed by atoms with Gasteiger partial charge in [0.05, 0.1) is 24.9 Å². The van der Waals surface area contributed by atoms with Gasteiger partial charge in [0.1, 0.15) is 0 Å². The minimum Gasteiger partial charge on any atom is -0.393 e. The molecule has 0 radical (unpaired) electrons. The molecule has 5 fully saturated rings. The zero-order chi connectivity index (χ0) is 21.8. The molecule has 1 spiro atoms. The quantitative estimate of drug-likeness (QED) is 0.548. The summed E-state index contributed by atoms with van der Waals surface area (Å²) in [5.41, 5.74) is 1.53. The van der Waals surface area contributed by atoms with Gasteiger partial charge in [-0.25, -0.2) is 0 Å². The summed E-state index contributed by atoms with van der Waals surface area (Å²) in [7, 11) is 0. The highest BCUT2D eigenvalue weighted by Crippen LogP contribution is 2.70. The number of allylic oxidation sites excluding steroid dienone is 1. The van der Waals surface area contributed by atoms with Crippen LogP contribution in [-0.2, 0) is 9.47 Å². The molecule has 4 heteroatoms. The summed E-state index contributed by atoms with van der Waals surface area (Å²) in [6, 6.07) is 0. The fourth-order valence-corrected chi connectivity index (χ4v) is 9.61. The van der Waals surface area contributed by atoms with Crippen molar-refractivity contribution in [2.75, 3.05) is 6.61 Å². The molecule has 4 aliphatic carbocycles. The molecule has 3 saturated carbocycles. The van der Waals surface area contributed by atoms with Gasteiger partial charge in [0.2, 0.25) is 0 Å². The maximum Gasteiger partial charge on any atom is 0.171 e. The lowest BCUT2D eigenvalue weighted by Gasteiger charge is -2.60. The third-order valence-electron chi connectivity index (χ3n) is 11.5. The molecule has 6 aliphatic rings. The predicted octanol–water partition coefficient (Wildman–Crippen LogP) is 4.68.